The first-order chi connectivity index (χ1) is 21.3. The van der Waals surface area contributed by atoms with Crippen LogP contribution in [-0.2, 0) is 38.8 Å². The second-order valence-corrected chi connectivity index (χ2v) is 13.2. The zero-order valence-corrected chi connectivity index (χ0v) is 25.8. The third-order valence-electron chi connectivity index (χ3n) is 7.88. The van der Waals surface area contributed by atoms with E-state index in [2.05, 4.69) is 5.32 Å². The summed E-state index contributed by atoms with van der Waals surface area (Å²) in [5.74, 6) is -1.42. The van der Waals surface area contributed by atoms with Crippen LogP contribution < -0.4 is 9.62 Å². The van der Waals surface area contributed by atoms with E-state index >= 15 is 0 Å². The molecule has 1 N–H and O–H groups in total. The van der Waals surface area contributed by atoms with Crippen molar-refractivity contribution >= 4 is 27.5 Å². The summed E-state index contributed by atoms with van der Waals surface area (Å²) in [6.07, 6.45) is -0.315. The molecular weight excluding hydrogens is 610 g/mol. The molecule has 0 radical (unpaired) electrons. The lowest BCUT2D eigenvalue weighted by Crippen LogP contribution is -2.52. The molecule has 45 heavy (non-hydrogen) atoms. The number of amides is 2. The first-order valence-corrected chi connectivity index (χ1v) is 16.7. The van der Waals surface area contributed by atoms with Gasteiger partial charge in [0.15, 0.2) is 0 Å². The van der Waals surface area contributed by atoms with Crippen molar-refractivity contribution in [3.63, 3.8) is 0 Å². The fraction of sp³-hybridized carbons (Fsp3) is 0.394. The van der Waals surface area contributed by atoms with Crippen LogP contribution in [0.5, 0.6) is 0 Å². The number of hydrogen-bond acceptors (Lipinski definition) is 4. The van der Waals surface area contributed by atoms with E-state index in [9.17, 15) is 35.6 Å². The number of halogens is 4. The minimum Gasteiger partial charge on any atom is -0.352 e. The molecular formula is C33H37F4N3O4S. The lowest BCUT2D eigenvalue weighted by atomic mass is 10.0. The Kier molecular flexibility index (Phi) is 11.2. The molecule has 0 heterocycles. The van der Waals surface area contributed by atoms with Crippen molar-refractivity contribution in [2.75, 3.05) is 17.1 Å². The molecule has 3 aromatic rings. The fourth-order valence-corrected chi connectivity index (χ4v) is 6.53. The van der Waals surface area contributed by atoms with E-state index in [-0.39, 0.29) is 55.6 Å². The van der Waals surface area contributed by atoms with Gasteiger partial charge in [0.2, 0.25) is 21.8 Å². The van der Waals surface area contributed by atoms with Gasteiger partial charge in [-0.15, -0.1) is 0 Å². The Morgan fingerprint density at radius 1 is 0.956 bits per heavy atom. The van der Waals surface area contributed by atoms with Gasteiger partial charge in [0.05, 0.1) is 17.5 Å². The normalized spacial score (nSPS) is 14.6. The number of benzene rings is 3. The standard InChI is InChI=1S/C33H37F4N3O4S/c1-45(43,44)40(28-17-9-14-26(22-28)33(35,36)37)20-10-19-31(41)39(23-25-13-5-8-18-29(25)34)30(21-24-11-3-2-4-12-24)32(42)38-27-15-6-7-16-27/h2-5,8-9,11-14,17-18,22,27,30H,6-7,10,15-16,19-21,23H2,1H3,(H,38,42). The average Bonchev–Trinajstić information content (AvgIpc) is 3.50. The van der Waals surface area contributed by atoms with E-state index in [1.54, 1.807) is 6.07 Å². The molecule has 0 aromatic heterocycles. The monoisotopic (exact) mass is 647 g/mol. The molecule has 0 bridgehead atoms. The Bertz CT molecular complexity index is 1560. The fourth-order valence-electron chi connectivity index (χ4n) is 5.57. The van der Waals surface area contributed by atoms with Gasteiger partial charge in [-0.2, -0.15) is 13.2 Å². The van der Waals surface area contributed by atoms with Crippen molar-refractivity contribution in [2.45, 2.75) is 69.8 Å². The highest BCUT2D eigenvalue weighted by Gasteiger charge is 2.34. The van der Waals surface area contributed by atoms with Gasteiger partial charge in [0, 0.05) is 37.5 Å². The minimum absolute atomic E-state index is 0.0306. The average molecular weight is 648 g/mol. The summed E-state index contributed by atoms with van der Waals surface area (Å²) in [6.45, 7) is -0.485. The van der Waals surface area contributed by atoms with Gasteiger partial charge in [0.25, 0.3) is 0 Å². The number of rotatable bonds is 13. The smallest absolute Gasteiger partial charge is 0.352 e. The molecule has 1 unspecified atom stereocenters. The summed E-state index contributed by atoms with van der Waals surface area (Å²) in [7, 11) is -4.01. The zero-order valence-electron chi connectivity index (χ0n) is 25.0. The third kappa shape index (κ3) is 9.53. The molecule has 1 atom stereocenters. The molecule has 0 aliphatic heterocycles. The van der Waals surface area contributed by atoms with E-state index in [4.69, 9.17) is 0 Å². The summed E-state index contributed by atoms with van der Waals surface area (Å²) in [5.41, 5.74) is -0.179. The van der Waals surface area contributed by atoms with Gasteiger partial charge in [-0.1, -0.05) is 67.4 Å². The number of alkyl halides is 3. The number of carbonyl (C=O) groups is 2. The number of carbonyl (C=O) groups excluding carboxylic acids is 2. The number of anilines is 1. The third-order valence-corrected chi connectivity index (χ3v) is 9.08. The van der Waals surface area contributed by atoms with Crippen LogP contribution in [-0.4, -0.2) is 50.0 Å². The van der Waals surface area contributed by atoms with Gasteiger partial charge >= 0.3 is 6.18 Å². The predicted molar refractivity (Wildman–Crippen MR) is 164 cm³/mol. The van der Waals surface area contributed by atoms with E-state index < -0.39 is 39.5 Å². The summed E-state index contributed by atoms with van der Waals surface area (Å²) in [6, 6.07) is 18.0. The van der Waals surface area contributed by atoms with Crippen molar-refractivity contribution in [3.05, 3.63) is 101 Å². The molecule has 2 amide bonds. The van der Waals surface area contributed by atoms with Crippen LogP contribution in [0.25, 0.3) is 0 Å². The SMILES string of the molecule is CS(=O)(=O)N(CCCC(=O)N(Cc1ccccc1F)C(Cc1ccccc1)C(=O)NC1CCCC1)c1cccc(C(F)(F)F)c1. The Morgan fingerprint density at radius 2 is 1.62 bits per heavy atom. The Labute approximate surface area is 261 Å². The van der Waals surface area contributed by atoms with Crippen LogP contribution in [0.4, 0.5) is 23.2 Å². The Morgan fingerprint density at radius 3 is 2.27 bits per heavy atom. The van der Waals surface area contributed by atoms with Gasteiger partial charge in [-0.05, 0) is 49.1 Å². The highest BCUT2D eigenvalue weighted by atomic mass is 32.2. The maximum absolute atomic E-state index is 14.8. The maximum Gasteiger partial charge on any atom is 0.416 e. The zero-order chi connectivity index (χ0) is 32.6. The summed E-state index contributed by atoms with van der Waals surface area (Å²) < 4.78 is 80.8. The van der Waals surface area contributed by atoms with Crippen LogP contribution in [0.1, 0.15) is 55.2 Å². The van der Waals surface area contributed by atoms with Gasteiger partial charge < -0.3 is 10.2 Å². The Hall–Kier alpha value is -3.93. The quantitative estimate of drug-likeness (QED) is 0.228. The summed E-state index contributed by atoms with van der Waals surface area (Å²) in [4.78, 5) is 29.0. The minimum atomic E-state index is -4.67. The van der Waals surface area contributed by atoms with Crippen LogP contribution in [0.3, 0.4) is 0 Å². The summed E-state index contributed by atoms with van der Waals surface area (Å²) >= 11 is 0. The van der Waals surface area contributed by atoms with Crippen molar-refractivity contribution < 1.29 is 35.6 Å². The molecule has 0 saturated heterocycles. The van der Waals surface area contributed by atoms with E-state index in [1.165, 1.54) is 29.2 Å². The van der Waals surface area contributed by atoms with E-state index in [0.717, 1.165) is 60.0 Å². The first kappa shape index (κ1) is 34.0. The molecule has 0 spiro atoms. The van der Waals surface area contributed by atoms with Crippen LogP contribution in [0.2, 0.25) is 0 Å². The largest absolute Gasteiger partial charge is 0.416 e. The molecule has 4 rings (SSSR count). The van der Waals surface area contributed by atoms with Gasteiger partial charge in [-0.25, -0.2) is 12.8 Å². The highest BCUT2D eigenvalue weighted by molar-refractivity contribution is 7.92. The van der Waals surface area contributed by atoms with Gasteiger partial charge in [-0.3, -0.25) is 13.9 Å². The van der Waals surface area contributed by atoms with Crippen molar-refractivity contribution in [1.82, 2.24) is 10.2 Å². The van der Waals surface area contributed by atoms with Crippen molar-refractivity contribution in [1.29, 1.82) is 0 Å². The first-order valence-electron chi connectivity index (χ1n) is 14.8. The molecule has 1 aliphatic rings. The highest BCUT2D eigenvalue weighted by Crippen LogP contribution is 2.32. The molecule has 12 heteroatoms. The van der Waals surface area contributed by atoms with Crippen LogP contribution in [0.15, 0.2) is 78.9 Å². The van der Waals surface area contributed by atoms with Crippen LogP contribution >= 0.6 is 0 Å². The lowest BCUT2D eigenvalue weighted by molar-refractivity contribution is -0.141. The number of hydrogen-bond donors (Lipinski definition) is 1. The number of sulfonamides is 1. The van der Waals surface area contributed by atoms with Crippen LogP contribution in [0, 0.1) is 5.82 Å². The lowest BCUT2D eigenvalue weighted by Gasteiger charge is -2.33. The predicted octanol–water partition coefficient (Wildman–Crippen LogP) is 6.09. The van der Waals surface area contributed by atoms with E-state index in [1.807, 2.05) is 30.3 Å². The van der Waals surface area contributed by atoms with Gasteiger partial charge in [0.1, 0.15) is 11.9 Å². The molecule has 3 aromatic carbocycles. The molecule has 1 saturated carbocycles. The molecule has 7 nitrogen and oxygen atoms in total. The maximum atomic E-state index is 14.8. The second kappa shape index (κ2) is 14.9. The van der Waals surface area contributed by atoms with E-state index in [0.29, 0.717) is 0 Å². The van der Waals surface area contributed by atoms with Crippen molar-refractivity contribution in [2.24, 2.45) is 0 Å². The summed E-state index contributed by atoms with van der Waals surface area (Å²) in [5, 5.41) is 3.06. The number of nitrogens with one attached hydrogen (secondary N) is 1. The molecule has 1 fully saturated rings. The Balaban J connectivity index is 1.60. The second-order valence-electron chi connectivity index (χ2n) is 11.3. The van der Waals surface area contributed by atoms with Crippen molar-refractivity contribution in [3.8, 4) is 0 Å². The molecule has 242 valence electrons. The molecule has 1 aliphatic carbocycles. The topological polar surface area (TPSA) is 86.8 Å². The number of nitrogens with zero attached hydrogens (tertiary/aromatic N) is 2.